The van der Waals surface area contributed by atoms with Gasteiger partial charge in [-0.25, -0.2) is 0 Å². The Morgan fingerprint density at radius 3 is 2.77 bits per heavy atom. The van der Waals surface area contributed by atoms with Gasteiger partial charge in [0, 0.05) is 5.02 Å². The van der Waals surface area contributed by atoms with E-state index in [0.717, 1.165) is 5.56 Å². The summed E-state index contributed by atoms with van der Waals surface area (Å²) in [4.78, 5) is 0. The number of halogens is 1. The Hall–Kier alpha value is -1.42. The fourth-order valence-electron chi connectivity index (χ4n) is 0.814. The highest BCUT2D eigenvalue weighted by molar-refractivity contribution is 6.31. The molecule has 0 amide bonds. The summed E-state index contributed by atoms with van der Waals surface area (Å²) >= 11 is 5.85. The van der Waals surface area contributed by atoms with Crippen LogP contribution >= 0.6 is 11.6 Å². The summed E-state index contributed by atoms with van der Waals surface area (Å²) in [5.74, 6) is -0.299. The van der Waals surface area contributed by atoms with Crippen LogP contribution in [-0.4, -0.2) is 5.96 Å². The third kappa shape index (κ3) is 3.21. The number of benzene rings is 1. The van der Waals surface area contributed by atoms with Gasteiger partial charge in [0.05, 0.1) is 6.54 Å². The molecule has 0 aliphatic rings. The summed E-state index contributed by atoms with van der Waals surface area (Å²) in [7, 11) is 0. The third-order valence-corrected chi connectivity index (χ3v) is 1.75. The van der Waals surface area contributed by atoms with E-state index in [0.29, 0.717) is 11.6 Å². The van der Waals surface area contributed by atoms with E-state index in [4.69, 9.17) is 22.7 Å². The van der Waals surface area contributed by atoms with E-state index in [1.165, 1.54) is 0 Å². The van der Waals surface area contributed by atoms with Crippen LogP contribution in [0.1, 0.15) is 5.56 Å². The average molecular weight is 197 g/mol. The van der Waals surface area contributed by atoms with Crippen LogP contribution in [0.15, 0.2) is 34.5 Å². The molecule has 0 aromatic heterocycles. The Kier molecular flexibility index (Phi) is 3.40. The molecule has 0 heterocycles. The van der Waals surface area contributed by atoms with Gasteiger partial charge in [-0.3, -0.25) is 5.41 Å². The quantitative estimate of drug-likeness (QED) is 0.425. The van der Waals surface area contributed by atoms with Gasteiger partial charge < -0.3 is 5.73 Å². The van der Waals surface area contributed by atoms with Crippen molar-refractivity contribution in [2.24, 2.45) is 16.0 Å². The molecule has 0 atom stereocenters. The van der Waals surface area contributed by atoms with Gasteiger partial charge in [0.25, 0.3) is 0 Å². The Balaban J connectivity index is 2.64. The molecule has 5 heteroatoms. The fourth-order valence-corrected chi connectivity index (χ4v) is 1.01. The minimum Gasteiger partial charge on any atom is -0.367 e. The summed E-state index contributed by atoms with van der Waals surface area (Å²) in [6, 6.07) is 7.33. The van der Waals surface area contributed by atoms with Crippen molar-refractivity contribution in [2.45, 2.75) is 6.54 Å². The lowest BCUT2D eigenvalue weighted by atomic mass is 10.2. The highest BCUT2D eigenvalue weighted by atomic mass is 35.5. The van der Waals surface area contributed by atoms with Gasteiger partial charge in [0.1, 0.15) is 0 Å². The van der Waals surface area contributed by atoms with E-state index in [1.807, 2.05) is 18.2 Å². The normalized spacial score (nSPS) is 10.5. The molecule has 0 fully saturated rings. The molecule has 13 heavy (non-hydrogen) atoms. The molecule has 0 saturated carbocycles. The first-order valence-corrected chi connectivity index (χ1v) is 4.03. The second-order valence-electron chi connectivity index (χ2n) is 2.38. The molecule has 0 bridgehead atoms. The number of azo groups is 1. The topological polar surface area (TPSA) is 74.6 Å². The molecule has 4 nitrogen and oxygen atoms in total. The summed E-state index contributed by atoms with van der Waals surface area (Å²) in [5.41, 5.74) is 5.85. The van der Waals surface area contributed by atoms with Crippen molar-refractivity contribution in [3.63, 3.8) is 0 Å². The Labute approximate surface area is 80.9 Å². The number of rotatable bonds is 2. The smallest absolute Gasteiger partial charge is 0.232 e. The minimum atomic E-state index is -0.299. The van der Waals surface area contributed by atoms with Gasteiger partial charge in [-0.15, -0.1) is 5.11 Å². The lowest BCUT2D eigenvalue weighted by Crippen LogP contribution is -2.03. The first kappa shape index (κ1) is 9.67. The second kappa shape index (κ2) is 4.57. The molecule has 1 aromatic carbocycles. The van der Waals surface area contributed by atoms with Gasteiger partial charge in [0.2, 0.25) is 5.96 Å². The summed E-state index contributed by atoms with van der Waals surface area (Å²) in [6.07, 6.45) is 0. The van der Waals surface area contributed by atoms with Crippen molar-refractivity contribution in [3.05, 3.63) is 34.9 Å². The molecular formula is C8H9ClN4. The van der Waals surface area contributed by atoms with Crippen LogP contribution < -0.4 is 5.73 Å². The standard InChI is InChI=1S/C8H9ClN4/c9-7-4-2-1-3-6(7)5-12-13-8(10)11/h1-4H,5H2,(H3,10,11). The van der Waals surface area contributed by atoms with Crippen molar-refractivity contribution < 1.29 is 0 Å². The van der Waals surface area contributed by atoms with Gasteiger partial charge in [0.15, 0.2) is 0 Å². The highest BCUT2D eigenvalue weighted by Gasteiger charge is 1.96. The summed E-state index contributed by atoms with van der Waals surface area (Å²) < 4.78 is 0. The van der Waals surface area contributed by atoms with Crippen molar-refractivity contribution in [1.29, 1.82) is 5.41 Å². The van der Waals surface area contributed by atoms with Crippen molar-refractivity contribution >= 4 is 17.6 Å². The van der Waals surface area contributed by atoms with Crippen molar-refractivity contribution in [1.82, 2.24) is 0 Å². The predicted molar refractivity (Wildman–Crippen MR) is 51.9 cm³/mol. The molecule has 0 saturated heterocycles. The zero-order valence-corrected chi connectivity index (χ0v) is 7.62. The van der Waals surface area contributed by atoms with Crippen molar-refractivity contribution in [2.75, 3.05) is 0 Å². The average Bonchev–Trinajstić information content (AvgIpc) is 2.08. The maximum Gasteiger partial charge on any atom is 0.232 e. The van der Waals surface area contributed by atoms with E-state index in [-0.39, 0.29) is 5.96 Å². The Morgan fingerprint density at radius 2 is 2.15 bits per heavy atom. The van der Waals surface area contributed by atoms with Crippen LogP contribution in [0.25, 0.3) is 0 Å². The first-order valence-electron chi connectivity index (χ1n) is 3.65. The van der Waals surface area contributed by atoms with E-state index in [2.05, 4.69) is 10.2 Å². The zero-order valence-electron chi connectivity index (χ0n) is 6.87. The number of guanidine groups is 1. The predicted octanol–water partition coefficient (Wildman–Crippen LogP) is 2.19. The Bertz CT molecular complexity index is 335. The Morgan fingerprint density at radius 1 is 1.46 bits per heavy atom. The number of nitrogens with two attached hydrogens (primary N) is 1. The first-order chi connectivity index (χ1) is 6.20. The van der Waals surface area contributed by atoms with E-state index in [1.54, 1.807) is 6.07 Å². The van der Waals surface area contributed by atoms with Crippen LogP contribution in [0.3, 0.4) is 0 Å². The number of hydrogen-bond acceptors (Lipinski definition) is 2. The largest absolute Gasteiger partial charge is 0.367 e. The lowest BCUT2D eigenvalue weighted by Gasteiger charge is -1.97. The van der Waals surface area contributed by atoms with Crippen LogP contribution in [0, 0.1) is 5.41 Å². The van der Waals surface area contributed by atoms with Gasteiger partial charge >= 0.3 is 0 Å². The fraction of sp³-hybridized carbons (Fsp3) is 0.125. The van der Waals surface area contributed by atoms with E-state index >= 15 is 0 Å². The van der Waals surface area contributed by atoms with Gasteiger partial charge in [-0.1, -0.05) is 29.8 Å². The van der Waals surface area contributed by atoms with E-state index in [9.17, 15) is 0 Å². The molecule has 3 N–H and O–H groups in total. The maximum atomic E-state index is 6.80. The van der Waals surface area contributed by atoms with Gasteiger partial charge in [-0.2, -0.15) is 5.11 Å². The number of hydrogen-bond donors (Lipinski definition) is 2. The lowest BCUT2D eigenvalue weighted by molar-refractivity contribution is 0.964. The van der Waals surface area contributed by atoms with Crippen molar-refractivity contribution in [3.8, 4) is 0 Å². The molecule has 0 aliphatic carbocycles. The summed E-state index contributed by atoms with van der Waals surface area (Å²) in [5, 5.41) is 14.5. The molecule has 0 radical (unpaired) electrons. The van der Waals surface area contributed by atoms with Crippen LogP contribution in [0.2, 0.25) is 5.02 Å². The number of nitrogens with one attached hydrogen (secondary N) is 1. The maximum absolute atomic E-state index is 6.80. The summed E-state index contributed by atoms with van der Waals surface area (Å²) in [6.45, 7) is 0.346. The van der Waals surface area contributed by atoms with Crippen LogP contribution in [0.4, 0.5) is 0 Å². The van der Waals surface area contributed by atoms with Crippen LogP contribution in [0.5, 0.6) is 0 Å². The van der Waals surface area contributed by atoms with Crippen LogP contribution in [-0.2, 0) is 6.54 Å². The SMILES string of the molecule is N=C(N)N=NCc1ccccc1Cl. The van der Waals surface area contributed by atoms with Gasteiger partial charge in [-0.05, 0) is 11.6 Å². The highest BCUT2D eigenvalue weighted by Crippen LogP contribution is 2.15. The molecule has 0 unspecified atom stereocenters. The second-order valence-corrected chi connectivity index (χ2v) is 2.78. The molecular weight excluding hydrogens is 188 g/mol. The molecule has 1 rings (SSSR count). The monoisotopic (exact) mass is 196 g/mol. The van der Waals surface area contributed by atoms with E-state index < -0.39 is 0 Å². The zero-order chi connectivity index (χ0) is 9.68. The third-order valence-electron chi connectivity index (χ3n) is 1.38. The minimum absolute atomic E-state index is 0.299. The molecule has 0 spiro atoms. The molecule has 68 valence electrons. The number of nitrogens with zero attached hydrogens (tertiary/aromatic N) is 2. The molecule has 0 aliphatic heterocycles. The molecule has 1 aromatic rings.